The maximum absolute atomic E-state index is 11.7. The second-order valence-electron chi connectivity index (χ2n) is 4.71. The molecule has 18 heavy (non-hydrogen) atoms. The third-order valence-electron chi connectivity index (χ3n) is 3.29. The molecule has 1 aromatic rings. The van der Waals surface area contributed by atoms with Gasteiger partial charge in [-0.2, -0.15) is 0 Å². The van der Waals surface area contributed by atoms with Gasteiger partial charge in [-0.15, -0.1) is 0 Å². The Kier molecular flexibility index (Phi) is 4.36. The molecule has 1 atom stereocenters. The number of aromatic nitrogens is 1. The first kappa shape index (κ1) is 13.5. The summed E-state index contributed by atoms with van der Waals surface area (Å²) in [4.78, 5) is 0. The molecule has 2 N–H and O–H groups in total. The molecule has 2 rings (SSSR count). The molecular weight excluding hydrogens is 256 g/mol. The molecule has 1 aliphatic carbocycles. The fourth-order valence-electron chi connectivity index (χ4n) is 2.28. The van der Waals surface area contributed by atoms with E-state index in [0.29, 0.717) is 5.69 Å². The Hall–Kier alpha value is -0.920. The van der Waals surface area contributed by atoms with Crippen molar-refractivity contribution in [2.45, 2.75) is 37.5 Å². The minimum absolute atomic E-state index is 0.0743. The molecule has 0 radical (unpaired) electrons. The Labute approximate surface area is 106 Å². The average Bonchev–Trinajstić information content (AvgIpc) is 2.97. The van der Waals surface area contributed by atoms with Crippen molar-refractivity contribution in [1.29, 1.82) is 0 Å². The SMILES string of the molecule is O=S(=O)(Cc1ccon1)NCC(O)C1CCCC1. The molecule has 7 heteroatoms. The summed E-state index contributed by atoms with van der Waals surface area (Å²) >= 11 is 0. The van der Waals surface area contributed by atoms with Crippen molar-refractivity contribution >= 4 is 10.0 Å². The number of aliphatic hydroxyl groups is 1. The number of aliphatic hydroxyl groups excluding tert-OH is 1. The molecule has 1 saturated carbocycles. The van der Waals surface area contributed by atoms with E-state index < -0.39 is 16.1 Å². The predicted octanol–water partition coefficient (Wildman–Crippen LogP) is 0.645. The zero-order valence-corrected chi connectivity index (χ0v) is 10.9. The van der Waals surface area contributed by atoms with E-state index in [-0.39, 0.29) is 18.2 Å². The van der Waals surface area contributed by atoms with Gasteiger partial charge in [-0.1, -0.05) is 18.0 Å². The third kappa shape index (κ3) is 3.79. The van der Waals surface area contributed by atoms with Gasteiger partial charge >= 0.3 is 0 Å². The summed E-state index contributed by atoms with van der Waals surface area (Å²) in [6.45, 7) is 0.0743. The lowest BCUT2D eigenvalue weighted by molar-refractivity contribution is 0.115. The number of nitrogens with one attached hydrogen (secondary N) is 1. The van der Waals surface area contributed by atoms with Gasteiger partial charge in [-0.25, -0.2) is 13.1 Å². The van der Waals surface area contributed by atoms with Crippen molar-refractivity contribution in [2.24, 2.45) is 5.92 Å². The van der Waals surface area contributed by atoms with Crippen molar-refractivity contribution in [2.75, 3.05) is 6.54 Å². The number of sulfonamides is 1. The minimum Gasteiger partial charge on any atom is -0.391 e. The first-order valence-corrected chi connectivity index (χ1v) is 7.77. The van der Waals surface area contributed by atoms with Crippen LogP contribution in [0, 0.1) is 5.92 Å². The summed E-state index contributed by atoms with van der Waals surface area (Å²) in [5.41, 5.74) is 0.359. The summed E-state index contributed by atoms with van der Waals surface area (Å²) in [7, 11) is -3.46. The van der Waals surface area contributed by atoms with Crippen LogP contribution in [0.25, 0.3) is 0 Å². The van der Waals surface area contributed by atoms with Crippen molar-refractivity contribution in [3.05, 3.63) is 18.0 Å². The zero-order chi connectivity index (χ0) is 13.0. The monoisotopic (exact) mass is 274 g/mol. The fourth-order valence-corrected chi connectivity index (χ4v) is 3.34. The predicted molar refractivity (Wildman–Crippen MR) is 65.1 cm³/mol. The van der Waals surface area contributed by atoms with Gasteiger partial charge in [-0.05, 0) is 18.8 Å². The molecule has 1 fully saturated rings. The van der Waals surface area contributed by atoms with Crippen LogP contribution in [0.3, 0.4) is 0 Å². The van der Waals surface area contributed by atoms with Crippen LogP contribution in [0.5, 0.6) is 0 Å². The van der Waals surface area contributed by atoms with Gasteiger partial charge in [0, 0.05) is 12.6 Å². The van der Waals surface area contributed by atoms with E-state index in [1.807, 2.05) is 0 Å². The summed E-state index contributed by atoms with van der Waals surface area (Å²) in [6, 6.07) is 1.51. The summed E-state index contributed by atoms with van der Waals surface area (Å²) in [6.07, 6.45) is 4.93. The van der Waals surface area contributed by atoms with Crippen molar-refractivity contribution in [3.8, 4) is 0 Å². The van der Waals surface area contributed by atoms with Crippen LogP contribution in [0.15, 0.2) is 16.9 Å². The Balaban J connectivity index is 1.81. The van der Waals surface area contributed by atoms with Gasteiger partial charge in [0.05, 0.1) is 11.8 Å². The molecule has 1 aromatic heterocycles. The van der Waals surface area contributed by atoms with E-state index in [4.69, 9.17) is 0 Å². The molecule has 0 amide bonds. The Morgan fingerprint density at radius 3 is 2.83 bits per heavy atom. The standard InChI is InChI=1S/C11H18N2O4S/c14-11(9-3-1-2-4-9)7-12-18(15,16)8-10-5-6-17-13-10/h5-6,9,11-12,14H,1-4,7-8H2. The van der Waals surface area contributed by atoms with E-state index >= 15 is 0 Å². The molecule has 1 unspecified atom stereocenters. The third-order valence-corrected chi connectivity index (χ3v) is 4.57. The first-order valence-electron chi connectivity index (χ1n) is 6.11. The van der Waals surface area contributed by atoms with Gasteiger partial charge in [-0.3, -0.25) is 0 Å². The van der Waals surface area contributed by atoms with Crippen LogP contribution < -0.4 is 4.72 Å². The normalized spacial score (nSPS) is 19.2. The number of nitrogens with zero attached hydrogens (tertiary/aromatic N) is 1. The molecule has 0 aliphatic heterocycles. The summed E-state index contributed by atoms with van der Waals surface area (Å²) in [5, 5.41) is 13.4. The lowest BCUT2D eigenvalue weighted by Crippen LogP contribution is -2.36. The number of hydrogen-bond donors (Lipinski definition) is 2. The van der Waals surface area contributed by atoms with Crippen molar-refractivity contribution in [3.63, 3.8) is 0 Å². The van der Waals surface area contributed by atoms with Crippen LogP contribution in [-0.2, 0) is 15.8 Å². The quantitative estimate of drug-likeness (QED) is 0.794. The molecular formula is C11H18N2O4S. The van der Waals surface area contributed by atoms with E-state index in [1.165, 1.54) is 12.3 Å². The molecule has 0 bridgehead atoms. The van der Waals surface area contributed by atoms with Gasteiger partial charge in [0.25, 0.3) is 0 Å². The van der Waals surface area contributed by atoms with Crippen molar-refractivity contribution < 1.29 is 18.0 Å². The molecule has 1 heterocycles. The van der Waals surface area contributed by atoms with Crippen LogP contribution >= 0.6 is 0 Å². The number of rotatable bonds is 6. The highest BCUT2D eigenvalue weighted by molar-refractivity contribution is 7.88. The Morgan fingerprint density at radius 2 is 2.22 bits per heavy atom. The lowest BCUT2D eigenvalue weighted by Gasteiger charge is -2.17. The molecule has 102 valence electrons. The Bertz CT molecular complexity index is 451. The van der Waals surface area contributed by atoms with Gasteiger partial charge in [0.2, 0.25) is 10.0 Å². The zero-order valence-electron chi connectivity index (χ0n) is 10.1. The Morgan fingerprint density at radius 1 is 1.50 bits per heavy atom. The van der Waals surface area contributed by atoms with E-state index in [9.17, 15) is 13.5 Å². The van der Waals surface area contributed by atoms with E-state index in [0.717, 1.165) is 25.7 Å². The summed E-state index contributed by atoms with van der Waals surface area (Å²) < 4.78 is 30.4. The second kappa shape index (κ2) is 5.81. The first-order chi connectivity index (χ1) is 8.57. The van der Waals surface area contributed by atoms with E-state index in [1.54, 1.807) is 0 Å². The highest BCUT2D eigenvalue weighted by atomic mass is 32.2. The minimum atomic E-state index is -3.46. The molecule has 0 aromatic carbocycles. The molecule has 0 spiro atoms. The van der Waals surface area contributed by atoms with E-state index in [2.05, 4.69) is 14.4 Å². The van der Waals surface area contributed by atoms with Crippen LogP contribution in [-0.4, -0.2) is 31.3 Å². The highest BCUT2D eigenvalue weighted by Crippen LogP contribution is 2.27. The molecule has 0 saturated heterocycles. The maximum atomic E-state index is 11.7. The van der Waals surface area contributed by atoms with Gasteiger partial charge in [0.15, 0.2) is 0 Å². The fraction of sp³-hybridized carbons (Fsp3) is 0.727. The summed E-state index contributed by atoms with van der Waals surface area (Å²) in [5.74, 6) is 0.000648. The maximum Gasteiger partial charge on any atom is 0.217 e. The second-order valence-corrected chi connectivity index (χ2v) is 6.52. The number of hydrogen-bond acceptors (Lipinski definition) is 5. The van der Waals surface area contributed by atoms with Crippen LogP contribution in [0.1, 0.15) is 31.4 Å². The largest absolute Gasteiger partial charge is 0.391 e. The van der Waals surface area contributed by atoms with Gasteiger partial charge < -0.3 is 9.63 Å². The average molecular weight is 274 g/mol. The molecule has 1 aliphatic rings. The van der Waals surface area contributed by atoms with Crippen LogP contribution in [0.4, 0.5) is 0 Å². The van der Waals surface area contributed by atoms with Crippen molar-refractivity contribution in [1.82, 2.24) is 9.88 Å². The van der Waals surface area contributed by atoms with Crippen LogP contribution in [0.2, 0.25) is 0 Å². The topological polar surface area (TPSA) is 92.4 Å². The van der Waals surface area contributed by atoms with Gasteiger partial charge in [0.1, 0.15) is 12.0 Å². The lowest BCUT2D eigenvalue weighted by atomic mass is 10.0. The molecule has 6 nitrogen and oxygen atoms in total. The smallest absolute Gasteiger partial charge is 0.217 e. The highest BCUT2D eigenvalue weighted by Gasteiger charge is 2.24.